The second-order valence-corrected chi connectivity index (χ2v) is 5.29. The van der Waals surface area contributed by atoms with Crippen molar-refractivity contribution in [2.75, 3.05) is 13.1 Å². The number of hydrogen-bond acceptors (Lipinski definition) is 4. The zero-order chi connectivity index (χ0) is 15.9. The second-order valence-electron chi connectivity index (χ2n) is 5.29. The van der Waals surface area contributed by atoms with Crippen LogP contribution in [-0.2, 0) is 4.79 Å². The number of nitriles is 1. The Kier molecular flexibility index (Phi) is 5.26. The number of nitro benzene ring substituents is 1. The molecule has 2 rings (SSSR count). The molecule has 1 aliphatic carbocycles. The molecule has 0 aliphatic heterocycles. The van der Waals surface area contributed by atoms with Crippen molar-refractivity contribution in [1.82, 2.24) is 4.90 Å². The summed E-state index contributed by atoms with van der Waals surface area (Å²) in [6, 6.07) is 8.32. The number of nitro groups is 1. The molecule has 1 aromatic rings. The minimum absolute atomic E-state index is 0.0303. The minimum atomic E-state index is -0.470. The normalized spacial score (nSPS) is 13.8. The molecule has 6 heteroatoms. The van der Waals surface area contributed by atoms with Gasteiger partial charge in [-0.25, -0.2) is 0 Å². The van der Waals surface area contributed by atoms with Crippen LogP contribution in [0.5, 0.6) is 0 Å². The molecule has 0 heterocycles. The Morgan fingerprint density at radius 3 is 2.82 bits per heavy atom. The molecule has 6 nitrogen and oxygen atoms in total. The van der Waals surface area contributed by atoms with Gasteiger partial charge in [0.25, 0.3) is 5.69 Å². The van der Waals surface area contributed by atoms with E-state index in [-0.39, 0.29) is 18.0 Å². The van der Waals surface area contributed by atoms with E-state index in [0.29, 0.717) is 24.6 Å². The summed E-state index contributed by atoms with van der Waals surface area (Å²) in [7, 11) is 0. The van der Waals surface area contributed by atoms with Crippen molar-refractivity contribution < 1.29 is 9.72 Å². The van der Waals surface area contributed by atoms with Crippen LogP contribution in [0.2, 0.25) is 0 Å². The van der Waals surface area contributed by atoms with Gasteiger partial charge in [0.15, 0.2) is 0 Å². The van der Waals surface area contributed by atoms with E-state index in [4.69, 9.17) is 5.26 Å². The Hall–Kier alpha value is -2.68. The van der Waals surface area contributed by atoms with Crippen LogP contribution in [0.15, 0.2) is 30.3 Å². The number of rotatable bonds is 7. The quantitative estimate of drug-likeness (QED) is 0.440. The lowest BCUT2D eigenvalue weighted by Gasteiger charge is -2.19. The molecular formula is C16H17N3O3. The summed E-state index contributed by atoms with van der Waals surface area (Å²) in [5.74, 6) is 0.322. The number of benzene rings is 1. The van der Waals surface area contributed by atoms with Gasteiger partial charge in [0, 0.05) is 25.2 Å². The van der Waals surface area contributed by atoms with Crippen molar-refractivity contribution in [2.24, 2.45) is 5.92 Å². The van der Waals surface area contributed by atoms with Crippen LogP contribution in [-0.4, -0.2) is 28.8 Å². The van der Waals surface area contributed by atoms with E-state index in [1.165, 1.54) is 18.2 Å². The standard InChI is InChI=1S/C16H17N3O3/c17-10-3-11-18(12-13-6-7-13)16(20)9-8-14-4-1-2-5-15(14)19(21)22/h1-2,4-5,8-9,13H,3,6-7,11-12H2/b9-8-. The SMILES string of the molecule is N#CCCN(CC1CC1)C(=O)/C=C\c1ccccc1[N+](=O)[O-]. The third kappa shape index (κ3) is 4.42. The topological polar surface area (TPSA) is 87.2 Å². The van der Waals surface area contributed by atoms with Gasteiger partial charge in [-0.1, -0.05) is 12.1 Å². The maximum atomic E-state index is 12.2. The summed E-state index contributed by atoms with van der Waals surface area (Å²) in [6.07, 6.45) is 5.33. The van der Waals surface area contributed by atoms with Gasteiger partial charge in [-0.05, 0) is 30.9 Å². The van der Waals surface area contributed by atoms with E-state index < -0.39 is 4.92 Å². The van der Waals surface area contributed by atoms with Gasteiger partial charge in [0.1, 0.15) is 0 Å². The predicted octanol–water partition coefficient (Wildman–Crippen LogP) is 2.76. The van der Waals surface area contributed by atoms with Crippen molar-refractivity contribution in [1.29, 1.82) is 5.26 Å². The van der Waals surface area contributed by atoms with E-state index >= 15 is 0 Å². The first kappa shape index (κ1) is 15.7. The molecule has 0 saturated heterocycles. The molecule has 0 radical (unpaired) electrons. The highest BCUT2D eigenvalue weighted by atomic mass is 16.6. The fourth-order valence-electron chi connectivity index (χ4n) is 2.15. The fraction of sp³-hybridized carbons (Fsp3) is 0.375. The van der Waals surface area contributed by atoms with E-state index in [2.05, 4.69) is 0 Å². The van der Waals surface area contributed by atoms with Gasteiger partial charge in [0.05, 0.1) is 23.0 Å². The highest BCUT2D eigenvalue weighted by Gasteiger charge is 2.25. The Balaban J connectivity index is 2.08. The zero-order valence-electron chi connectivity index (χ0n) is 12.1. The second kappa shape index (κ2) is 7.36. The summed E-state index contributed by atoms with van der Waals surface area (Å²) in [5, 5.41) is 19.6. The van der Waals surface area contributed by atoms with Crippen LogP contribution in [0.3, 0.4) is 0 Å². The van der Waals surface area contributed by atoms with E-state index in [1.807, 2.05) is 6.07 Å². The Morgan fingerprint density at radius 2 is 2.18 bits per heavy atom. The summed E-state index contributed by atoms with van der Waals surface area (Å²) < 4.78 is 0. The Labute approximate surface area is 128 Å². The van der Waals surface area contributed by atoms with Crippen molar-refractivity contribution >= 4 is 17.7 Å². The highest BCUT2D eigenvalue weighted by molar-refractivity contribution is 5.92. The molecule has 0 bridgehead atoms. The third-order valence-corrected chi connectivity index (χ3v) is 3.52. The van der Waals surface area contributed by atoms with Gasteiger partial charge in [-0.3, -0.25) is 14.9 Å². The molecule has 1 saturated carbocycles. The summed E-state index contributed by atoms with van der Waals surface area (Å²) in [4.78, 5) is 24.3. The fourth-order valence-corrected chi connectivity index (χ4v) is 2.15. The number of carbonyl (C=O) groups excluding carboxylic acids is 1. The number of para-hydroxylation sites is 1. The average molecular weight is 299 g/mol. The number of nitrogens with zero attached hydrogens (tertiary/aromatic N) is 3. The number of amides is 1. The van der Waals surface area contributed by atoms with Gasteiger partial charge in [-0.2, -0.15) is 5.26 Å². The van der Waals surface area contributed by atoms with Crippen LogP contribution in [0.1, 0.15) is 24.8 Å². The van der Waals surface area contributed by atoms with Crippen LogP contribution >= 0.6 is 0 Å². The molecule has 114 valence electrons. The molecule has 1 aliphatic rings. The van der Waals surface area contributed by atoms with Gasteiger partial charge in [-0.15, -0.1) is 0 Å². The van der Waals surface area contributed by atoms with Gasteiger partial charge in [0.2, 0.25) is 5.91 Å². The van der Waals surface area contributed by atoms with Gasteiger partial charge >= 0.3 is 0 Å². The zero-order valence-corrected chi connectivity index (χ0v) is 12.1. The summed E-state index contributed by atoms with van der Waals surface area (Å²) in [5.41, 5.74) is 0.366. The lowest BCUT2D eigenvalue weighted by atomic mass is 10.1. The molecule has 0 spiro atoms. The Bertz CT molecular complexity index is 630. The van der Waals surface area contributed by atoms with Crippen LogP contribution in [0, 0.1) is 27.4 Å². The molecule has 0 N–H and O–H groups in total. The van der Waals surface area contributed by atoms with E-state index in [9.17, 15) is 14.9 Å². The van der Waals surface area contributed by atoms with Crippen LogP contribution in [0.25, 0.3) is 6.08 Å². The number of hydrogen-bond donors (Lipinski definition) is 0. The Morgan fingerprint density at radius 1 is 1.45 bits per heavy atom. The van der Waals surface area contributed by atoms with Gasteiger partial charge < -0.3 is 4.90 Å². The molecule has 1 amide bonds. The van der Waals surface area contributed by atoms with Crippen molar-refractivity contribution in [2.45, 2.75) is 19.3 Å². The minimum Gasteiger partial charge on any atom is -0.338 e. The van der Waals surface area contributed by atoms with Crippen molar-refractivity contribution in [3.8, 4) is 6.07 Å². The van der Waals surface area contributed by atoms with Crippen LogP contribution in [0.4, 0.5) is 5.69 Å². The van der Waals surface area contributed by atoms with Crippen molar-refractivity contribution in [3.05, 3.63) is 46.0 Å². The highest BCUT2D eigenvalue weighted by Crippen LogP contribution is 2.30. The molecule has 1 fully saturated rings. The first-order valence-electron chi connectivity index (χ1n) is 7.19. The smallest absolute Gasteiger partial charge is 0.276 e. The number of carbonyl (C=O) groups is 1. The average Bonchev–Trinajstić information content (AvgIpc) is 3.33. The first-order valence-corrected chi connectivity index (χ1v) is 7.19. The van der Waals surface area contributed by atoms with E-state index in [1.54, 1.807) is 23.1 Å². The molecule has 0 aromatic heterocycles. The monoisotopic (exact) mass is 299 g/mol. The molecular weight excluding hydrogens is 282 g/mol. The van der Waals surface area contributed by atoms with E-state index in [0.717, 1.165) is 12.8 Å². The summed E-state index contributed by atoms with van der Waals surface area (Å²) >= 11 is 0. The van der Waals surface area contributed by atoms with Crippen molar-refractivity contribution in [3.63, 3.8) is 0 Å². The lowest BCUT2D eigenvalue weighted by Crippen LogP contribution is -2.32. The molecule has 1 aromatic carbocycles. The largest absolute Gasteiger partial charge is 0.338 e. The molecule has 0 unspecified atom stereocenters. The molecule has 0 atom stereocenters. The first-order chi connectivity index (χ1) is 10.6. The summed E-state index contributed by atoms with van der Waals surface area (Å²) in [6.45, 7) is 1.05. The maximum absolute atomic E-state index is 12.2. The van der Waals surface area contributed by atoms with Crippen LogP contribution < -0.4 is 0 Å². The lowest BCUT2D eigenvalue weighted by molar-refractivity contribution is -0.385. The molecule has 22 heavy (non-hydrogen) atoms. The maximum Gasteiger partial charge on any atom is 0.276 e. The third-order valence-electron chi connectivity index (χ3n) is 3.52. The predicted molar refractivity (Wildman–Crippen MR) is 81.7 cm³/mol.